The van der Waals surface area contributed by atoms with Gasteiger partial charge in [-0.05, 0) is 104 Å². The van der Waals surface area contributed by atoms with E-state index in [0.29, 0.717) is 23.3 Å². The van der Waals surface area contributed by atoms with Crippen molar-refractivity contribution in [2.45, 2.75) is 159 Å². The van der Waals surface area contributed by atoms with Crippen molar-refractivity contribution < 1.29 is 83.1 Å². The second kappa shape index (κ2) is 33.7. The number of thioether (sulfide) groups is 1. The van der Waals surface area contributed by atoms with Gasteiger partial charge in [0.2, 0.25) is 53.2 Å². The smallest absolute Gasteiger partial charge is 0.326 e. The van der Waals surface area contributed by atoms with Crippen LogP contribution in [-0.4, -0.2) is 174 Å². The Labute approximate surface area is 478 Å². The van der Waals surface area contributed by atoms with Gasteiger partial charge in [-0.3, -0.25) is 52.7 Å². The Kier molecular flexibility index (Phi) is 28.0. The second-order valence-electron chi connectivity index (χ2n) is 20.9. The molecule has 0 spiro atoms. The Hall–Kier alpha value is -8.01. The zero-order valence-electron chi connectivity index (χ0n) is 46.5. The first-order valence-electron chi connectivity index (χ1n) is 26.8. The minimum Gasteiger partial charge on any atom is -0.508 e. The van der Waals surface area contributed by atoms with E-state index in [0.717, 1.165) is 4.90 Å². The van der Waals surface area contributed by atoms with Crippen molar-refractivity contribution in [2.24, 2.45) is 23.3 Å². The number of likely N-dealkylation sites (tertiary alicyclic amines) is 1. The summed E-state index contributed by atoms with van der Waals surface area (Å²) in [6.45, 7) is 6.84. The number of carbonyl (C=O) groups excluding carboxylic acids is 9. The van der Waals surface area contributed by atoms with Crippen LogP contribution in [0.25, 0.3) is 0 Å². The molecular weight excluding hydrogens is 1090 g/mol. The van der Waals surface area contributed by atoms with Crippen molar-refractivity contribution in [1.29, 1.82) is 0 Å². The SMILES string of the molecule is CSCCC(N)C(=O)NC(CC(C)C)C(=O)NC(CC(=O)O)C(=O)NC(CC(C)C)C(=O)NC(CCC(N)=O)C(=O)N1CCCC1C(=O)NC(CCC(=O)O)C(=O)NC(Cc1ccc(O)cc1)C(=O)NC(Cc1ccc(O)cc1)C(=O)O. The summed E-state index contributed by atoms with van der Waals surface area (Å²) >= 11 is 1.46. The van der Waals surface area contributed by atoms with Crippen LogP contribution < -0.4 is 48.7 Å². The Morgan fingerprint density at radius 3 is 1.49 bits per heavy atom. The lowest BCUT2D eigenvalue weighted by atomic mass is 10.00. The molecule has 0 aromatic heterocycles. The third-order valence-corrected chi connectivity index (χ3v) is 13.7. The van der Waals surface area contributed by atoms with E-state index in [1.807, 2.05) is 6.26 Å². The number of rotatable bonds is 35. The van der Waals surface area contributed by atoms with E-state index in [2.05, 4.69) is 37.2 Å². The molecule has 3 rings (SSSR count). The van der Waals surface area contributed by atoms with Crippen molar-refractivity contribution >= 4 is 82.8 Å². The van der Waals surface area contributed by atoms with Gasteiger partial charge in [-0.15, -0.1) is 0 Å². The first-order chi connectivity index (χ1) is 38.6. The number of hydrogen-bond acceptors (Lipinski definition) is 16. The van der Waals surface area contributed by atoms with Crippen molar-refractivity contribution in [2.75, 3.05) is 18.6 Å². The van der Waals surface area contributed by atoms with E-state index < -0.39 is 158 Å². The number of aliphatic carboxylic acids is 3. The molecule has 82 heavy (non-hydrogen) atoms. The van der Waals surface area contributed by atoms with Crippen LogP contribution in [0.4, 0.5) is 0 Å². The van der Waals surface area contributed by atoms with Crippen LogP contribution in [0.2, 0.25) is 0 Å². The Morgan fingerprint density at radius 2 is 1.00 bits per heavy atom. The normalized spacial score (nSPS) is 16.0. The molecule has 2 aromatic carbocycles. The molecule has 1 heterocycles. The number of nitrogens with two attached hydrogens (primary N) is 2. The fraction of sp³-hybridized carbons (Fsp3) is 0.556. The fourth-order valence-electron chi connectivity index (χ4n) is 8.80. The van der Waals surface area contributed by atoms with Crippen LogP contribution in [0.1, 0.15) is 103 Å². The van der Waals surface area contributed by atoms with Crippen LogP contribution >= 0.6 is 11.8 Å². The average molecular weight is 1170 g/mol. The summed E-state index contributed by atoms with van der Waals surface area (Å²) < 4.78 is 0. The van der Waals surface area contributed by atoms with Gasteiger partial charge in [-0.25, -0.2) is 4.79 Å². The third-order valence-electron chi connectivity index (χ3n) is 13.1. The first-order valence-corrected chi connectivity index (χ1v) is 28.2. The maximum Gasteiger partial charge on any atom is 0.326 e. The van der Waals surface area contributed by atoms with Crippen LogP contribution in [-0.2, 0) is 70.4 Å². The van der Waals surface area contributed by atoms with Gasteiger partial charge in [-0.2, -0.15) is 11.8 Å². The van der Waals surface area contributed by atoms with Gasteiger partial charge >= 0.3 is 17.9 Å². The molecule has 9 unspecified atom stereocenters. The first kappa shape index (κ1) is 68.3. The number of primary amides is 1. The van der Waals surface area contributed by atoms with Gasteiger partial charge in [0.15, 0.2) is 0 Å². The number of carbonyl (C=O) groups is 12. The lowest BCUT2D eigenvalue weighted by molar-refractivity contribution is -0.143. The predicted octanol–water partition coefficient (Wildman–Crippen LogP) is -0.870. The highest BCUT2D eigenvalue weighted by Gasteiger charge is 2.41. The maximum absolute atomic E-state index is 14.5. The molecular formula is C54H78N10O17S. The van der Waals surface area contributed by atoms with Crippen LogP contribution in [0.3, 0.4) is 0 Å². The average Bonchev–Trinajstić information content (AvgIpc) is 3.95. The number of phenols is 2. The highest BCUT2D eigenvalue weighted by molar-refractivity contribution is 7.98. The molecule has 2 aromatic rings. The summed E-state index contributed by atoms with van der Waals surface area (Å²) in [6.07, 6.45) is -1.30. The van der Waals surface area contributed by atoms with E-state index in [1.54, 1.807) is 27.7 Å². The Bertz CT molecular complexity index is 2570. The van der Waals surface area contributed by atoms with Crippen molar-refractivity contribution in [3.8, 4) is 11.5 Å². The molecule has 9 amide bonds. The largest absolute Gasteiger partial charge is 0.508 e. The minimum atomic E-state index is -1.78. The van der Waals surface area contributed by atoms with Gasteiger partial charge in [0, 0.05) is 32.2 Å². The lowest BCUT2D eigenvalue weighted by Crippen LogP contribution is -2.60. The summed E-state index contributed by atoms with van der Waals surface area (Å²) in [5.41, 5.74) is 12.3. The molecule has 1 aliphatic rings. The van der Waals surface area contributed by atoms with Crippen LogP contribution in [0.15, 0.2) is 48.5 Å². The molecule has 0 radical (unpaired) electrons. The molecule has 1 aliphatic heterocycles. The monoisotopic (exact) mass is 1170 g/mol. The molecule has 1 saturated heterocycles. The van der Waals surface area contributed by atoms with Gasteiger partial charge in [-0.1, -0.05) is 52.0 Å². The number of nitrogens with one attached hydrogen (secondary N) is 7. The van der Waals surface area contributed by atoms with E-state index >= 15 is 0 Å². The number of amides is 9. The molecule has 27 nitrogen and oxygen atoms in total. The topological polar surface area (TPSA) is 445 Å². The van der Waals surface area contributed by atoms with Gasteiger partial charge in [0.25, 0.3) is 0 Å². The molecule has 9 atom stereocenters. The van der Waals surface area contributed by atoms with Crippen molar-refractivity contribution in [3.05, 3.63) is 59.7 Å². The Balaban J connectivity index is 1.90. The number of carboxylic acid groups (broad SMARTS) is 3. The quantitative estimate of drug-likeness (QED) is 0.0399. The zero-order valence-corrected chi connectivity index (χ0v) is 47.3. The standard InChI is InChI=1S/C54H78N10O17S/c1-28(2)23-37(59-46(72)34(55)20-22-82-5)49(75)62-40(27-45(70)71)51(77)60-38(24-29(3)4)48(74)58-36(16-18-43(56)67)53(79)64-21-6-7-42(64)52(78)57-35(17-19-44(68)69)47(73)61-39(25-30-8-12-32(65)13-9-30)50(76)63-41(54(80)81)26-31-10-14-33(66)15-11-31/h8-15,28-29,34-42,65-66H,6-7,16-27,55H2,1-5H3,(H2,56,67)(H,57,78)(H,58,74)(H,59,72)(H,60,77)(H,61,73)(H,62,75)(H,63,76)(H,68,69)(H,70,71)(H,80,81). The number of phenolic OH excluding ortho intramolecular Hbond substituents is 2. The number of benzene rings is 2. The van der Waals surface area contributed by atoms with E-state index in [1.165, 1.54) is 60.3 Å². The van der Waals surface area contributed by atoms with E-state index in [9.17, 15) is 83.1 Å². The number of carboxylic acids is 3. The molecule has 16 N–H and O–H groups in total. The molecule has 452 valence electrons. The van der Waals surface area contributed by atoms with E-state index in [-0.39, 0.29) is 68.4 Å². The number of aromatic hydroxyl groups is 2. The summed E-state index contributed by atoms with van der Waals surface area (Å²) in [5.74, 6) is -12.9. The second-order valence-corrected chi connectivity index (χ2v) is 21.9. The molecule has 28 heteroatoms. The molecule has 0 bridgehead atoms. The minimum absolute atomic E-state index is 0.0138. The molecule has 0 aliphatic carbocycles. The summed E-state index contributed by atoms with van der Waals surface area (Å²) in [5, 5.41) is 66.4. The fourth-order valence-corrected chi connectivity index (χ4v) is 9.29. The molecule has 0 saturated carbocycles. The summed E-state index contributed by atoms with van der Waals surface area (Å²) in [4.78, 5) is 161. The maximum atomic E-state index is 14.5. The zero-order chi connectivity index (χ0) is 61.4. The predicted molar refractivity (Wildman–Crippen MR) is 297 cm³/mol. The van der Waals surface area contributed by atoms with Crippen molar-refractivity contribution in [3.63, 3.8) is 0 Å². The molecule has 1 fully saturated rings. The van der Waals surface area contributed by atoms with Crippen molar-refractivity contribution in [1.82, 2.24) is 42.1 Å². The van der Waals surface area contributed by atoms with Crippen LogP contribution in [0, 0.1) is 11.8 Å². The number of nitrogens with zero attached hydrogens (tertiary/aromatic N) is 1. The van der Waals surface area contributed by atoms with E-state index in [4.69, 9.17) is 11.5 Å². The number of hydrogen-bond donors (Lipinski definition) is 14. The highest BCUT2D eigenvalue weighted by atomic mass is 32.2. The van der Waals surface area contributed by atoms with Crippen LogP contribution in [0.5, 0.6) is 11.5 Å². The van der Waals surface area contributed by atoms with Gasteiger partial charge < -0.3 is 79.1 Å². The lowest BCUT2D eigenvalue weighted by Gasteiger charge is -2.31. The summed E-state index contributed by atoms with van der Waals surface area (Å²) in [6, 6.07) is -2.21. The van der Waals surface area contributed by atoms with Gasteiger partial charge in [0.05, 0.1) is 12.5 Å². The Morgan fingerprint density at radius 1 is 0.561 bits per heavy atom. The van der Waals surface area contributed by atoms with Gasteiger partial charge in [0.1, 0.15) is 59.8 Å². The summed E-state index contributed by atoms with van der Waals surface area (Å²) in [7, 11) is 0. The highest BCUT2D eigenvalue weighted by Crippen LogP contribution is 2.22. The third kappa shape index (κ3) is 23.6.